The minimum absolute atomic E-state index is 0.295. The van der Waals surface area contributed by atoms with Crippen LogP contribution in [0.1, 0.15) is 5.56 Å². The quantitative estimate of drug-likeness (QED) is 0.780. The van der Waals surface area contributed by atoms with Gasteiger partial charge in [-0.05, 0) is 29.8 Å². The van der Waals surface area contributed by atoms with Crippen LogP contribution in [-0.4, -0.2) is 32.7 Å². The van der Waals surface area contributed by atoms with Gasteiger partial charge in [-0.3, -0.25) is 14.5 Å². The molecule has 0 spiro atoms. The molecule has 0 aliphatic rings. The lowest BCUT2D eigenvalue weighted by atomic mass is 10.2. The van der Waals surface area contributed by atoms with Crippen LogP contribution in [-0.2, 0) is 14.8 Å². The van der Waals surface area contributed by atoms with Gasteiger partial charge in [0, 0.05) is 30.2 Å². The molecule has 0 bridgehead atoms. The summed E-state index contributed by atoms with van der Waals surface area (Å²) in [4.78, 5) is 15.9. The first-order valence-corrected chi connectivity index (χ1v) is 8.81. The number of nitrogens with one attached hydrogen (secondary N) is 2. The zero-order chi connectivity index (χ0) is 17.6. The molecule has 0 fully saturated rings. The summed E-state index contributed by atoms with van der Waals surface area (Å²) >= 11 is 0. The predicted molar refractivity (Wildman–Crippen MR) is 93.4 cm³/mol. The normalized spacial score (nSPS) is 11.2. The van der Waals surface area contributed by atoms with Crippen LogP contribution in [0.3, 0.4) is 0 Å². The Bertz CT molecular complexity index is 849. The van der Waals surface area contributed by atoms with Gasteiger partial charge in [0.1, 0.15) is 5.75 Å². The van der Waals surface area contributed by atoms with Crippen LogP contribution >= 0.6 is 0 Å². The van der Waals surface area contributed by atoms with Gasteiger partial charge in [0.15, 0.2) is 0 Å². The lowest BCUT2D eigenvalue weighted by molar-refractivity contribution is -0.111. The van der Waals surface area contributed by atoms with E-state index in [2.05, 4.69) is 15.0 Å². The van der Waals surface area contributed by atoms with Crippen molar-refractivity contribution < 1.29 is 17.9 Å². The standard InChI is InChI=1S/C16H17N3O4S/c1-23-15-10-13(6-7-14(15)19-24(2,21)22)18-16(20)8-5-12-4-3-9-17-11-12/h3-11,19H,1-2H3,(H,18,20)/b8-5+. The first-order valence-electron chi connectivity index (χ1n) is 6.92. The summed E-state index contributed by atoms with van der Waals surface area (Å²) in [5.74, 6) is -0.0285. The van der Waals surface area contributed by atoms with E-state index in [1.807, 2.05) is 6.07 Å². The molecule has 8 heteroatoms. The average molecular weight is 347 g/mol. The van der Waals surface area contributed by atoms with Crippen molar-refractivity contribution >= 4 is 33.4 Å². The Balaban J connectivity index is 2.09. The largest absolute Gasteiger partial charge is 0.494 e. The van der Waals surface area contributed by atoms with Gasteiger partial charge in [0.05, 0.1) is 19.1 Å². The summed E-state index contributed by atoms with van der Waals surface area (Å²) in [5, 5.41) is 2.67. The van der Waals surface area contributed by atoms with E-state index in [0.717, 1.165) is 11.8 Å². The summed E-state index contributed by atoms with van der Waals surface area (Å²) in [5.41, 5.74) is 1.58. The molecule has 1 heterocycles. The first-order chi connectivity index (χ1) is 11.4. The van der Waals surface area contributed by atoms with E-state index in [1.165, 1.54) is 25.3 Å². The molecule has 1 aromatic heterocycles. The van der Waals surface area contributed by atoms with Crippen molar-refractivity contribution in [1.82, 2.24) is 4.98 Å². The second-order valence-electron chi connectivity index (χ2n) is 4.90. The average Bonchev–Trinajstić information content (AvgIpc) is 2.54. The molecule has 0 saturated heterocycles. The van der Waals surface area contributed by atoms with Gasteiger partial charge in [0.25, 0.3) is 0 Å². The third kappa shape index (κ3) is 5.40. The van der Waals surface area contributed by atoms with E-state index >= 15 is 0 Å². The summed E-state index contributed by atoms with van der Waals surface area (Å²) in [6.45, 7) is 0. The molecule has 0 atom stereocenters. The number of aromatic nitrogens is 1. The Morgan fingerprint density at radius 2 is 2.08 bits per heavy atom. The number of pyridine rings is 1. The molecule has 1 aromatic carbocycles. The summed E-state index contributed by atoms with van der Waals surface area (Å²) < 4.78 is 30.1. The minimum Gasteiger partial charge on any atom is -0.494 e. The lowest BCUT2D eigenvalue weighted by Gasteiger charge is -2.11. The van der Waals surface area contributed by atoms with E-state index in [1.54, 1.807) is 30.6 Å². The third-order valence-corrected chi connectivity index (χ3v) is 3.47. The van der Waals surface area contributed by atoms with Gasteiger partial charge in [-0.1, -0.05) is 6.07 Å². The molecule has 24 heavy (non-hydrogen) atoms. The number of sulfonamides is 1. The molecule has 2 N–H and O–H groups in total. The van der Waals surface area contributed by atoms with Crippen molar-refractivity contribution in [3.63, 3.8) is 0 Å². The predicted octanol–water partition coefficient (Wildman–Crippen LogP) is 2.11. The monoisotopic (exact) mass is 347 g/mol. The number of carbonyl (C=O) groups is 1. The molecule has 1 amide bonds. The molecule has 0 unspecified atom stereocenters. The van der Waals surface area contributed by atoms with Crippen LogP contribution in [0.5, 0.6) is 5.75 Å². The number of hydrogen-bond acceptors (Lipinski definition) is 5. The highest BCUT2D eigenvalue weighted by molar-refractivity contribution is 7.92. The number of amides is 1. The van der Waals surface area contributed by atoms with Crippen molar-refractivity contribution in [2.24, 2.45) is 0 Å². The van der Waals surface area contributed by atoms with E-state index in [-0.39, 0.29) is 5.91 Å². The third-order valence-electron chi connectivity index (χ3n) is 2.88. The Labute approximate surface area is 140 Å². The summed E-state index contributed by atoms with van der Waals surface area (Å²) in [7, 11) is -2.01. The van der Waals surface area contributed by atoms with Crippen molar-refractivity contribution in [2.45, 2.75) is 0 Å². The van der Waals surface area contributed by atoms with Crippen molar-refractivity contribution in [3.05, 3.63) is 54.4 Å². The SMILES string of the molecule is COc1cc(NC(=O)/C=C/c2cccnc2)ccc1NS(C)(=O)=O. The molecule has 2 aromatic rings. The molecule has 0 radical (unpaired) electrons. The van der Waals surface area contributed by atoms with Crippen molar-refractivity contribution in [2.75, 3.05) is 23.4 Å². The Morgan fingerprint density at radius 1 is 1.29 bits per heavy atom. The molecule has 0 aliphatic heterocycles. The second-order valence-corrected chi connectivity index (χ2v) is 6.65. The Morgan fingerprint density at radius 3 is 2.71 bits per heavy atom. The van der Waals surface area contributed by atoms with E-state index in [0.29, 0.717) is 17.1 Å². The summed E-state index contributed by atoms with van der Waals surface area (Å²) in [6, 6.07) is 8.22. The van der Waals surface area contributed by atoms with Crippen molar-refractivity contribution in [1.29, 1.82) is 0 Å². The number of hydrogen-bond donors (Lipinski definition) is 2. The van der Waals surface area contributed by atoms with Gasteiger partial charge in [0.2, 0.25) is 15.9 Å². The number of rotatable bonds is 6. The lowest BCUT2D eigenvalue weighted by Crippen LogP contribution is -2.11. The molecule has 0 aliphatic carbocycles. The van der Waals surface area contributed by atoms with Crippen LogP contribution in [0.15, 0.2) is 48.8 Å². The highest BCUT2D eigenvalue weighted by Crippen LogP contribution is 2.28. The maximum Gasteiger partial charge on any atom is 0.248 e. The van der Waals surface area contributed by atoms with Gasteiger partial charge >= 0.3 is 0 Å². The highest BCUT2D eigenvalue weighted by Gasteiger charge is 2.09. The van der Waals surface area contributed by atoms with E-state index in [4.69, 9.17) is 4.74 Å². The fraction of sp³-hybridized carbons (Fsp3) is 0.125. The van der Waals surface area contributed by atoms with Gasteiger partial charge in [-0.2, -0.15) is 0 Å². The van der Waals surface area contributed by atoms with Crippen LogP contribution in [0.25, 0.3) is 6.08 Å². The van der Waals surface area contributed by atoms with Gasteiger partial charge in [-0.15, -0.1) is 0 Å². The second kappa shape index (κ2) is 7.60. The molecule has 126 valence electrons. The molecular weight excluding hydrogens is 330 g/mol. The fourth-order valence-corrected chi connectivity index (χ4v) is 2.45. The van der Waals surface area contributed by atoms with Gasteiger partial charge in [-0.25, -0.2) is 8.42 Å². The zero-order valence-corrected chi connectivity index (χ0v) is 14.0. The molecule has 2 rings (SSSR count). The van der Waals surface area contributed by atoms with E-state index in [9.17, 15) is 13.2 Å². The summed E-state index contributed by atoms with van der Waals surface area (Å²) in [6.07, 6.45) is 7.35. The molecule has 0 saturated carbocycles. The fourth-order valence-electron chi connectivity index (χ4n) is 1.88. The topological polar surface area (TPSA) is 97.4 Å². The zero-order valence-electron chi connectivity index (χ0n) is 13.2. The van der Waals surface area contributed by atoms with Crippen LogP contribution in [0.4, 0.5) is 11.4 Å². The van der Waals surface area contributed by atoms with E-state index < -0.39 is 10.0 Å². The minimum atomic E-state index is -3.42. The van der Waals surface area contributed by atoms with Crippen molar-refractivity contribution in [3.8, 4) is 5.75 Å². The number of benzene rings is 1. The molecular formula is C16H17N3O4S. The smallest absolute Gasteiger partial charge is 0.248 e. The highest BCUT2D eigenvalue weighted by atomic mass is 32.2. The Kier molecular flexibility index (Phi) is 5.54. The first kappa shape index (κ1) is 17.5. The number of methoxy groups -OCH3 is 1. The van der Waals surface area contributed by atoms with Crippen LogP contribution < -0.4 is 14.8 Å². The number of nitrogens with zero attached hydrogens (tertiary/aromatic N) is 1. The number of anilines is 2. The maximum atomic E-state index is 11.9. The number of carbonyl (C=O) groups excluding carboxylic acids is 1. The van der Waals surface area contributed by atoms with Crippen LogP contribution in [0, 0.1) is 0 Å². The van der Waals surface area contributed by atoms with Gasteiger partial charge < -0.3 is 10.1 Å². The number of ether oxygens (including phenoxy) is 1. The maximum absolute atomic E-state index is 11.9. The molecule has 7 nitrogen and oxygen atoms in total. The van der Waals surface area contributed by atoms with Crippen LogP contribution in [0.2, 0.25) is 0 Å². The Hall–Kier alpha value is -2.87.